The summed E-state index contributed by atoms with van der Waals surface area (Å²) in [6, 6.07) is 50.2. The van der Waals surface area contributed by atoms with Crippen LogP contribution in [0.15, 0.2) is 140 Å². The van der Waals surface area contributed by atoms with Crippen molar-refractivity contribution in [3.63, 3.8) is 0 Å². The van der Waals surface area contributed by atoms with E-state index in [1.165, 1.54) is 0 Å². The Morgan fingerprint density at radius 2 is 0.469 bits per heavy atom. The second-order valence-corrected chi connectivity index (χ2v) is 20.4. The summed E-state index contributed by atoms with van der Waals surface area (Å²) in [5, 5.41) is 17.2. The number of hydrogen-bond donors (Lipinski definition) is 0. The molecule has 0 radical (unpaired) electrons. The predicted molar refractivity (Wildman–Crippen MR) is 261 cm³/mol. The van der Waals surface area contributed by atoms with E-state index in [0.29, 0.717) is 5.56 Å². The van der Waals surface area contributed by atoms with Gasteiger partial charge in [-0.05, 0) is 36.4 Å². The molecule has 0 saturated heterocycles. The van der Waals surface area contributed by atoms with Gasteiger partial charge in [0.15, 0.2) is 75.6 Å². The molecule has 0 bridgehead atoms. The van der Waals surface area contributed by atoms with Gasteiger partial charge in [0.2, 0.25) is 0 Å². The lowest BCUT2D eigenvalue weighted by Gasteiger charge is -2.44. The average Bonchev–Trinajstić information content (AvgIpc) is 3.54. The molecule has 81 heavy (non-hydrogen) atoms. The van der Waals surface area contributed by atoms with Crippen LogP contribution >= 0.6 is 7.49 Å². The Morgan fingerprint density at radius 1 is 0.272 bits per heavy atom. The molecule has 0 unspecified atom stereocenters. The SMILES string of the molecule is Fc1c(F)c(F)c([B-](c2c(F)c(F)c(F)c(F)c2F)(c2c(F)c(F)c(F)c(F)c2F)c2c(F)c(F)c(F)c(F)c2F)c(F)c1F.N#Cc1c2ccccc2c(O[P+](c2ccccc2)(c2ccccc2)c2ccccc2)c2ccccc12. The molecule has 0 atom stereocenters. The molecule has 0 N–H and O–H groups in total. The van der Waals surface area contributed by atoms with Crippen molar-refractivity contribution in [2.75, 3.05) is 0 Å². The first kappa shape index (κ1) is 56.8. The molecule has 2 nitrogen and oxygen atoms in total. The van der Waals surface area contributed by atoms with Crippen LogP contribution in [0, 0.1) is 128 Å². The lowest BCUT2D eigenvalue weighted by Crippen LogP contribution is -2.81. The monoisotopic (exact) mass is 1160 g/mol. The highest BCUT2D eigenvalue weighted by Crippen LogP contribution is 2.58. The van der Waals surface area contributed by atoms with E-state index in [-0.39, 0.29) is 0 Å². The number of halogens is 20. The Kier molecular flexibility index (Phi) is 15.2. The molecule has 0 amide bonds. The summed E-state index contributed by atoms with van der Waals surface area (Å²) in [5.74, 6) is -70.6. The zero-order chi connectivity index (χ0) is 58.7. The third-order valence-electron chi connectivity index (χ3n) is 13.3. The van der Waals surface area contributed by atoms with E-state index >= 15 is 35.1 Å². The van der Waals surface area contributed by atoms with Gasteiger partial charge >= 0.3 is 0 Å². The van der Waals surface area contributed by atoms with E-state index in [1.807, 2.05) is 54.6 Å². The maximum atomic E-state index is 15.4. The quantitative estimate of drug-likeness (QED) is 0.0360. The van der Waals surface area contributed by atoms with Gasteiger partial charge in [0.05, 0.1) is 5.56 Å². The topological polar surface area (TPSA) is 33.0 Å². The highest BCUT2D eigenvalue weighted by atomic mass is 31.2. The van der Waals surface area contributed by atoms with Gasteiger partial charge in [-0.1, -0.05) is 103 Å². The molecule has 0 aromatic heterocycles. The molecule has 10 aromatic carbocycles. The van der Waals surface area contributed by atoms with Crippen LogP contribution in [-0.4, -0.2) is 6.15 Å². The van der Waals surface area contributed by atoms with E-state index in [4.69, 9.17) is 4.52 Å². The number of nitriles is 1. The van der Waals surface area contributed by atoms with E-state index in [1.54, 1.807) is 0 Å². The first-order valence-electron chi connectivity index (χ1n) is 22.9. The minimum Gasteiger partial charge on any atom is -0.333 e. The summed E-state index contributed by atoms with van der Waals surface area (Å²) in [5.41, 5.74) is -13.7. The maximum absolute atomic E-state index is 15.4. The van der Waals surface area contributed by atoms with Crippen LogP contribution in [0.1, 0.15) is 5.56 Å². The zero-order valence-corrected chi connectivity index (χ0v) is 40.6. The first-order chi connectivity index (χ1) is 38.5. The number of nitrogens with zero attached hydrogens (tertiary/aromatic N) is 1. The number of rotatable bonds is 9. The zero-order valence-electron chi connectivity index (χ0n) is 39.7. The summed E-state index contributed by atoms with van der Waals surface area (Å²) in [6.45, 7) is 0. The third-order valence-corrected chi connectivity index (χ3v) is 16.8. The fourth-order valence-electron chi connectivity index (χ4n) is 9.84. The normalized spacial score (nSPS) is 11.7. The lowest BCUT2D eigenvalue weighted by atomic mass is 9.12. The Hall–Kier alpha value is -8.90. The third kappa shape index (κ3) is 8.65. The smallest absolute Gasteiger partial charge is 0.287 e. The van der Waals surface area contributed by atoms with Crippen molar-refractivity contribution in [1.29, 1.82) is 5.26 Å². The molecular formula is C57H23BF20NOP. The minimum atomic E-state index is -7.22. The average molecular weight is 1160 g/mol. The van der Waals surface area contributed by atoms with Crippen LogP contribution in [0.25, 0.3) is 21.5 Å². The molecular weight excluding hydrogens is 1140 g/mol. The van der Waals surface area contributed by atoms with Crippen LogP contribution < -0.4 is 42.3 Å². The fourth-order valence-corrected chi connectivity index (χ4v) is 13.3. The molecule has 0 fully saturated rings. The van der Waals surface area contributed by atoms with Gasteiger partial charge in [0, 0.05) is 21.5 Å². The second-order valence-electron chi connectivity index (χ2n) is 17.4. The van der Waals surface area contributed by atoms with Crippen LogP contribution in [0.5, 0.6) is 5.75 Å². The largest absolute Gasteiger partial charge is 0.333 e. The molecule has 0 heterocycles. The van der Waals surface area contributed by atoms with Gasteiger partial charge in [0.25, 0.3) is 7.49 Å². The number of hydrogen-bond acceptors (Lipinski definition) is 2. The fraction of sp³-hybridized carbons (Fsp3) is 0. The van der Waals surface area contributed by atoms with Crippen LogP contribution in [0.2, 0.25) is 0 Å². The van der Waals surface area contributed by atoms with Crippen molar-refractivity contribution < 1.29 is 92.3 Å². The number of benzene rings is 10. The van der Waals surface area contributed by atoms with Gasteiger partial charge in [-0.25, -0.2) is 87.8 Å². The summed E-state index contributed by atoms with van der Waals surface area (Å²) in [4.78, 5) is 0. The van der Waals surface area contributed by atoms with Gasteiger partial charge in [-0.15, -0.1) is 21.9 Å². The Labute approximate surface area is 442 Å². The number of fused-ring (bicyclic) bond motifs is 2. The molecule has 0 saturated carbocycles. The summed E-state index contributed by atoms with van der Waals surface area (Å²) < 4.78 is 301. The van der Waals surface area contributed by atoms with Crippen molar-refractivity contribution in [2.24, 2.45) is 0 Å². The molecule has 0 aliphatic heterocycles. The van der Waals surface area contributed by atoms with E-state index in [9.17, 15) is 57.9 Å². The Balaban J connectivity index is 0.000000200. The van der Waals surface area contributed by atoms with Crippen molar-refractivity contribution in [2.45, 2.75) is 0 Å². The minimum absolute atomic E-state index is 0.677. The van der Waals surface area contributed by atoms with Gasteiger partial charge < -0.3 is 4.52 Å². The molecule has 10 rings (SSSR count). The van der Waals surface area contributed by atoms with E-state index in [2.05, 4.69) is 91.0 Å². The summed E-state index contributed by atoms with van der Waals surface area (Å²) in [6.07, 6.45) is -7.22. The molecule has 0 spiro atoms. The molecule has 10 aromatic rings. The Morgan fingerprint density at radius 3 is 0.691 bits per heavy atom. The first-order valence-corrected chi connectivity index (χ1v) is 24.6. The van der Waals surface area contributed by atoms with Crippen molar-refractivity contribution in [3.05, 3.63) is 261 Å². The molecule has 24 heteroatoms. The van der Waals surface area contributed by atoms with Crippen LogP contribution in [0.4, 0.5) is 87.8 Å². The Bertz CT molecular complexity index is 3690. The molecule has 0 aliphatic rings. The highest BCUT2D eigenvalue weighted by Gasteiger charge is 2.53. The summed E-state index contributed by atoms with van der Waals surface area (Å²) in [7, 11) is -2.59. The molecule has 410 valence electrons. The highest BCUT2D eigenvalue weighted by molar-refractivity contribution is 7.92. The van der Waals surface area contributed by atoms with Crippen molar-refractivity contribution >= 4 is 72.9 Å². The maximum Gasteiger partial charge on any atom is 0.287 e. The van der Waals surface area contributed by atoms with E-state index < -0.39 is 152 Å². The van der Waals surface area contributed by atoms with Crippen LogP contribution in [-0.2, 0) is 0 Å². The predicted octanol–water partition coefficient (Wildman–Crippen LogP) is 13.0. The lowest BCUT2D eigenvalue weighted by molar-refractivity contribution is 0.378. The summed E-state index contributed by atoms with van der Waals surface area (Å²) >= 11 is 0. The molecule has 0 aliphatic carbocycles. The second kappa shape index (κ2) is 21.6. The van der Waals surface area contributed by atoms with Gasteiger partial charge in [-0.3, -0.25) is 0 Å². The van der Waals surface area contributed by atoms with Gasteiger partial charge in [0.1, 0.15) is 74.7 Å². The standard InChI is InChI=1S/C33H23NOP.C24BF20/c34-24-32-28-20-10-12-22-30(28)33(31-23-13-11-21-29(31)32)35-36(25-14-4-1-5-15-25,26-16-6-2-7-17-26)27-18-8-3-9-19-27;26-5-1(6(27)14(35)21(42)13(5)34)25(2-7(28)15(36)22(43)16(37)8(2)29,3-9(30)17(38)23(44)18(39)10(3)31)4-11(32)19(40)24(45)20(41)12(4)33/h1-23H;/q+1;-1. The van der Waals surface area contributed by atoms with E-state index in [0.717, 1.165) is 43.2 Å². The van der Waals surface area contributed by atoms with Crippen molar-refractivity contribution in [1.82, 2.24) is 0 Å². The van der Waals surface area contributed by atoms with Gasteiger partial charge in [-0.2, -0.15) is 5.26 Å². The van der Waals surface area contributed by atoms with Crippen molar-refractivity contribution in [3.8, 4) is 11.8 Å². The van der Waals surface area contributed by atoms with Crippen LogP contribution in [0.3, 0.4) is 0 Å².